The molecule has 0 fully saturated rings. The predicted molar refractivity (Wildman–Crippen MR) is 92.7 cm³/mol. The topological polar surface area (TPSA) is 82.8 Å². The third-order valence-corrected chi connectivity index (χ3v) is 3.36. The van der Waals surface area contributed by atoms with Gasteiger partial charge in [-0.25, -0.2) is 0 Å². The van der Waals surface area contributed by atoms with Gasteiger partial charge >= 0.3 is 0 Å². The van der Waals surface area contributed by atoms with Crippen LogP contribution in [0.4, 0.5) is 0 Å². The number of methoxy groups -OCH3 is 2. The summed E-state index contributed by atoms with van der Waals surface area (Å²) in [7, 11) is 3.07. The van der Waals surface area contributed by atoms with Gasteiger partial charge in [0.15, 0.2) is 11.5 Å². The van der Waals surface area contributed by atoms with E-state index in [2.05, 4.69) is 5.32 Å². The number of carbonyl (C=O) groups is 1. The van der Waals surface area contributed by atoms with Gasteiger partial charge in [0, 0.05) is 20.2 Å². The SMILES string of the molecule is CCOc1c(Cl)cc(CNC(=O)CC(CN)OC)cc1OC.Cl. The van der Waals surface area contributed by atoms with Gasteiger partial charge in [0.05, 0.1) is 31.3 Å². The van der Waals surface area contributed by atoms with Crippen LogP contribution in [0.15, 0.2) is 12.1 Å². The van der Waals surface area contributed by atoms with Crippen LogP contribution >= 0.6 is 24.0 Å². The highest BCUT2D eigenvalue weighted by Gasteiger charge is 2.14. The fourth-order valence-electron chi connectivity index (χ4n) is 1.90. The summed E-state index contributed by atoms with van der Waals surface area (Å²) in [5.41, 5.74) is 6.31. The maximum Gasteiger partial charge on any atom is 0.222 e. The van der Waals surface area contributed by atoms with Crippen LogP contribution in [0.2, 0.25) is 5.02 Å². The van der Waals surface area contributed by atoms with E-state index < -0.39 is 0 Å². The lowest BCUT2D eigenvalue weighted by Crippen LogP contribution is -2.31. The maximum atomic E-state index is 11.8. The number of carbonyl (C=O) groups excluding carboxylic acids is 1. The number of hydrogen-bond donors (Lipinski definition) is 2. The first-order valence-electron chi connectivity index (χ1n) is 7.04. The monoisotopic (exact) mass is 366 g/mol. The van der Waals surface area contributed by atoms with E-state index in [1.807, 2.05) is 6.92 Å². The van der Waals surface area contributed by atoms with Crippen molar-refractivity contribution in [3.05, 3.63) is 22.7 Å². The highest BCUT2D eigenvalue weighted by molar-refractivity contribution is 6.32. The number of rotatable bonds is 9. The van der Waals surface area contributed by atoms with Crippen molar-refractivity contribution < 1.29 is 19.0 Å². The molecule has 0 aliphatic heterocycles. The van der Waals surface area contributed by atoms with Crippen LogP contribution in [-0.2, 0) is 16.1 Å². The van der Waals surface area contributed by atoms with Crippen molar-refractivity contribution in [1.29, 1.82) is 0 Å². The fourth-order valence-corrected chi connectivity index (χ4v) is 2.19. The van der Waals surface area contributed by atoms with Crippen LogP contribution in [0.1, 0.15) is 18.9 Å². The molecule has 23 heavy (non-hydrogen) atoms. The summed E-state index contributed by atoms with van der Waals surface area (Å²) in [6.45, 7) is 2.99. The molecule has 1 atom stereocenters. The fraction of sp³-hybridized carbons (Fsp3) is 0.533. The summed E-state index contributed by atoms with van der Waals surface area (Å²) in [4.78, 5) is 11.8. The third-order valence-electron chi connectivity index (χ3n) is 3.08. The molecule has 0 aliphatic carbocycles. The number of benzene rings is 1. The number of nitrogens with two attached hydrogens (primary N) is 1. The molecule has 3 N–H and O–H groups in total. The maximum absolute atomic E-state index is 11.8. The molecule has 0 saturated heterocycles. The highest BCUT2D eigenvalue weighted by atomic mass is 35.5. The normalized spacial score (nSPS) is 11.3. The highest BCUT2D eigenvalue weighted by Crippen LogP contribution is 2.36. The number of halogens is 2. The number of hydrogen-bond acceptors (Lipinski definition) is 5. The van der Waals surface area contributed by atoms with Gasteiger partial charge in [-0.3, -0.25) is 4.79 Å². The minimum Gasteiger partial charge on any atom is -0.493 e. The number of nitrogens with one attached hydrogen (secondary N) is 1. The molecular weight excluding hydrogens is 343 g/mol. The van der Waals surface area contributed by atoms with E-state index in [9.17, 15) is 4.79 Å². The molecule has 1 aromatic rings. The molecule has 1 unspecified atom stereocenters. The van der Waals surface area contributed by atoms with Gasteiger partial charge in [-0.05, 0) is 24.6 Å². The molecule has 0 heterocycles. The van der Waals surface area contributed by atoms with Gasteiger partial charge in [-0.2, -0.15) is 0 Å². The standard InChI is InChI=1S/C15H23ClN2O4.ClH/c1-4-22-15-12(16)5-10(6-13(15)21-3)9-18-14(19)7-11(8-17)20-2;/h5-6,11H,4,7-9,17H2,1-3H3,(H,18,19);1H. The lowest BCUT2D eigenvalue weighted by atomic mass is 10.2. The summed E-state index contributed by atoms with van der Waals surface area (Å²) < 4.78 is 15.8. The van der Waals surface area contributed by atoms with E-state index in [1.54, 1.807) is 19.2 Å². The zero-order valence-corrected chi connectivity index (χ0v) is 15.1. The molecule has 0 spiro atoms. The van der Waals surface area contributed by atoms with Gasteiger partial charge in [-0.15, -0.1) is 12.4 Å². The second kappa shape index (κ2) is 11.3. The van der Waals surface area contributed by atoms with Crippen LogP contribution in [0.25, 0.3) is 0 Å². The molecular formula is C15H24Cl2N2O4. The quantitative estimate of drug-likeness (QED) is 0.699. The Labute approximate surface area is 148 Å². The lowest BCUT2D eigenvalue weighted by Gasteiger charge is -2.15. The Kier molecular flexibility index (Phi) is 10.7. The van der Waals surface area contributed by atoms with Crippen LogP contribution in [0.3, 0.4) is 0 Å². The first-order chi connectivity index (χ1) is 10.5. The molecule has 0 aliphatic rings. The summed E-state index contributed by atoms with van der Waals surface area (Å²) in [6.07, 6.45) is -0.0620. The van der Waals surface area contributed by atoms with Gasteiger partial charge in [0.25, 0.3) is 0 Å². The second-order valence-corrected chi connectivity index (χ2v) is 5.02. The van der Waals surface area contributed by atoms with Crippen LogP contribution in [0.5, 0.6) is 11.5 Å². The van der Waals surface area contributed by atoms with E-state index in [4.69, 9.17) is 31.5 Å². The average molecular weight is 367 g/mol. The van der Waals surface area contributed by atoms with Crippen molar-refractivity contribution in [3.8, 4) is 11.5 Å². The Hall–Kier alpha value is -1.21. The largest absolute Gasteiger partial charge is 0.493 e. The predicted octanol–water partition coefficient (Wildman–Crippen LogP) is 2.15. The second-order valence-electron chi connectivity index (χ2n) is 4.62. The summed E-state index contributed by atoms with van der Waals surface area (Å²) in [5.74, 6) is 0.904. The van der Waals surface area contributed by atoms with Crippen LogP contribution in [-0.4, -0.2) is 39.4 Å². The molecule has 0 saturated carbocycles. The Morgan fingerprint density at radius 3 is 2.61 bits per heavy atom. The zero-order valence-electron chi connectivity index (χ0n) is 13.6. The van der Waals surface area contributed by atoms with Crippen molar-refractivity contribution in [3.63, 3.8) is 0 Å². The lowest BCUT2D eigenvalue weighted by molar-refractivity contribution is -0.123. The van der Waals surface area contributed by atoms with Crippen molar-refractivity contribution >= 4 is 29.9 Å². The summed E-state index contributed by atoms with van der Waals surface area (Å²) in [5, 5.41) is 3.25. The molecule has 132 valence electrons. The molecule has 1 rings (SSSR count). The van der Waals surface area contributed by atoms with Gasteiger partial charge < -0.3 is 25.3 Å². The van der Waals surface area contributed by atoms with Crippen molar-refractivity contribution in [1.82, 2.24) is 5.32 Å². The van der Waals surface area contributed by atoms with Gasteiger partial charge in [-0.1, -0.05) is 11.6 Å². The molecule has 0 bridgehead atoms. The minimum absolute atomic E-state index is 0. The van der Waals surface area contributed by atoms with Gasteiger partial charge in [0.1, 0.15) is 0 Å². The Morgan fingerprint density at radius 2 is 2.09 bits per heavy atom. The smallest absolute Gasteiger partial charge is 0.222 e. The molecule has 8 heteroatoms. The van der Waals surface area contributed by atoms with Crippen LogP contribution < -0.4 is 20.5 Å². The van der Waals surface area contributed by atoms with E-state index in [-0.39, 0.29) is 30.8 Å². The Morgan fingerprint density at radius 1 is 1.39 bits per heavy atom. The average Bonchev–Trinajstić information content (AvgIpc) is 2.52. The third kappa shape index (κ3) is 6.83. The van der Waals surface area contributed by atoms with E-state index in [0.717, 1.165) is 5.56 Å². The van der Waals surface area contributed by atoms with Gasteiger partial charge in [0.2, 0.25) is 5.91 Å². The van der Waals surface area contributed by atoms with E-state index in [1.165, 1.54) is 7.11 Å². The molecule has 6 nitrogen and oxygen atoms in total. The Balaban J connectivity index is 0.00000484. The van der Waals surface area contributed by atoms with Crippen LogP contribution in [0, 0.1) is 0 Å². The molecule has 1 amide bonds. The Bertz CT molecular complexity index is 497. The minimum atomic E-state index is -0.279. The molecule has 1 aromatic carbocycles. The molecule has 0 radical (unpaired) electrons. The summed E-state index contributed by atoms with van der Waals surface area (Å²) >= 11 is 6.18. The zero-order chi connectivity index (χ0) is 16.5. The van der Waals surface area contributed by atoms with Crippen molar-refractivity contribution in [2.45, 2.75) is 26.0 Å². The number of ether oxygens (including phenoxy) is 3. The first-order valence-corrected chi connectivity index (χ1v) is 7.42. The van der Waals surface area contributed by atoms with E-state index >= 15 is 0 Å². The molecule has 0 aromatic heterocycles. The van der Waals surface area contributed by atoms with Crippen molar-refractivity contribution in [2.75, 3.05) is 27.4 Å². The van der Waals surface area contributed by atoms with Crippen molar-refractivity contribution in [2.24, 2.45) is 5.73 Å². The first kappa shape index (κ1) is 21.8. The summed E-state index contributed by atoms with van der Waals surface area (Å²) in [6, 6.07) is 3.53. The number of amides is 1. The van der Waals surface area contributed by atoms with E-state index in [0.29, 0.717) is 36.2 Å².